The van der Waals surface area contributed by atoms with Crippen LogP contribution < -0.4 is 10.5 Å². The van der Waals surface area contributed by atoms with Crippen molar-refractivity contribution in [2.24, 2.45) is 0 Å². The molecule has 20 heavy (non-hydrogen) atoms. The number of hydrogen-bond donors (Lipinski definition) is 1. The molecule has 2 heterocycles. The van der Waals surface area contributed by atoms with Crippen molar-refractivity contribution in [3.8, 4) is 5.75 Å². The Bertz CT molecular complexity index is 599. The molecule has 1 saturated heterocycles. The third-order valence-corrected chi connectivity index (χ3v) is 4.14. The van der Waals surface area contributed by atoms with E-state index in [4.69, 9.17) is 10.5 Å². The highest BCUT2D eigenvalue weighted by Crippen LogP contribution is 2.27. The molecule has 2 aromatic rings. The fourth-order valence-electron chi connectivity index (χ4n) is 2.95. The minimum Gasteiger partial charge on any atom is -0.493 e. The van der Waals surface area contributed by atoms with Gasteiger partial charge in [0.1, 0.15) is 5.75 Å². The molecule has 0 radical (unpaired) electrons. The van der Waals surface area contributed by atoms with Crippen molar-refractivity contribution >= 4 is 16.6 Å². The van der Waals surface area contributed by atoms with Crippen LogP contribution in [0.3, 0.4) is 0 Å². The van der Waals surface area contributed by atoms with E-state index in [2.05, 4.69) is 16.9 Å². The van der Waals surface area contributed by atoms with E-state index in [1.54, 1.807) is 6.20 Å². The zero-order valence-electron chi connectivity index (χ0n) is 11.9. The number of rotatable bonds is 4. The predicted molar refractivity (Wildman–Crippen MR) is 81.9 cm³/mol. The van der Waals surface area contributed by atoms with E-state index >= 15 is 0 Å². The molecule has 1 unspecified atom stereocenters. The van der Waals surface area contributed by atoms with Crippen molar-refractivity contribution in [3.63, 3.8) is 0 Å². The van der Waals surface area contributed by atoms with E-state index in [1.807, 2.05) is 24.3 Å². The Labute approximate surface area is 119 Å². The van der Waals surface area contributed by atoms with Crippen molar-refractivity contribution in [2.45, 2.75) is 25.3 Å². The molecule has 2 N–H and O–H groups in total. The lowest BCUT2D eigenvalue weighted by Gasteiger charge is -2.19. The van der Waals surface area contributed by atoms with Crippen LogP contribution in [0.4, 0.5) is 5.69 Å². The summed E-state index contributed by atoms with van der Waals surface area (Å²) in [5.41, 5.74) is 7.47. The lowest BCUT2D eigenvalue weighted by Crippen LogP contribution is -2.26. The van der Waals surface area contributed by atoms with Crippen molar-refractivity contribution in [1.29, 1.82) is 0 Å². The van der Waals surface area contributed by atoms with Crippen molar-refractivity contribution < 1.29 is 4.74 Å². The molecule has 0 saturated carbocycles. The number of ether oxygens (including phenoxy) is 1. The monoisotopic (exact) mass is 271 g/mol. The molecule has 0 aliphatic carbocycles. The second-order valence-corrected chi connectivity index (χ2v) is 5.47. The molecular weight excluding hydrogens is 250 g/mol. The van der Waals surface area contributed by atoms with Gasteiger partial charge in [-0.25, -0.2) is 0 Å². The molecule has 0 bridgehead atoms. The number of likely N-dealkylation sites (tertiary alicyclic amines) is 1. The number of pyridine rings is 1. The summed E-state index contributed by atoms with van der Waals surface area (Å²) < 4.78 is 5.96. The molecular formula is C16H21N3O. The lowest BCUT2D eigenvalue weighted by atomic mass is 10.1. The van der Waals surface area contributed by atoms with Crippen LogP contribution in [0.2, 0.25) is 0 Å². The van der Waals surface area contributed by atoms with Gasteiger partial charge in [-0.15, -0.1) is 0 Å². The highest BCUT2D eigenvalue weighted by atomic mass is 16.5. The summed E-state index contributed by atoms with van der Waals surface area (Å²) in [6.45, 7) is 1.95. The Morgan fingerprint density at radius 3 is 3.10 bits per heavy atom. The molecule has 1 aromatic carbocycles. The average Bonchev–Trinajstić information content (AvgIpc) is 2.86. The van der Waals surface area contributed by atoms with E-state index in [1.165, 1.54) is 19.4 Å². The summed E-state index contributed by atoms with van der Waals surface area (Å²) in [5, 5.41) is 0.993. The topological polar surface area (TPSA) is 51.4 Å². The fourth-order valence-corrected chi connectivity index (χ4v) is 2.95. The summed E-state index contributed by atoms with van der Waals surface area (Å²) >= 11 is 0. The van der Waals surface area contributed by atoms with Gasteiger partial charge in [-0.05, 0) is 51.1 Å². The summed E-state index contributed by atoms with van der Waals surface area (Å²) in [5.74, 6) is 0.878. The molecule has 4 heteroatoms. The van der Waals surface area contributed by atoms with Crippen LogP contribution in [0, 0.1) is 0 Å². The van der Waals surface area contributed by atoms with Crippen LogP contribution in [0.5, 0.6) is 5.75 Å². The SMILES string of the molecule is CN1CCCC1CCOc1ccnc2c(N)cccc12. The van der Waals surface area contributed by atoms with Gasteiger partial charge in [0.05, 0.1) is 17.8 Å². The van der Waals surface area contributed by atoms with Crippen LogP contribution in [-0.4, -0.2) is 36.1 Å². The standard InChI is InChI=1S/C16H21N3O/c1-19-10-3-4-12(19)8-11-20-15-7-9-18-16-13(15)5-2-6-14(16)17/h2,5-7,9,12H,3-4,8,10-11,17H2,1H3. The van der Waals surface area contributed by atoms with Crippen molar-refractivity contribution in [3.05, 3.63) is 30.5 Å². The summed E-state index contributed by atoms with van der Waals surface area (Å²) in [6, 6.07) is 8.40. The van der Waals surface area contributed by atoms with Crippen molar-refractivity contribution in [2.75, 3.05) is 25.9 Å². The summed E-state index contributed by atoms with van der Waals surface area (Å²) in [6.07, 6.45) is 5.41. The predicted octanol–water partition coefficient (Wildman–Crippen LogP) is 2.68. The number of nitrogen functional groups attached to an aromatic ring is 1. The van der Waals surface area contributed by atoms with Gasteiger partial charge in [-0.3, -0.25) is 4.98 Å². The van der Waals surface area contributed by atoms with E-state index in [0.29, 0.717) is 11.7 Å². The molecule has 0 amide bonds. The number of hydrogen-bond acceptors (Lipinski definition) is 4. The molecule has 1 aromatic heterocycles. The third-order valence-electron chi connectivity index (χ3n) is 4.14. The highest BCUT2D eigenvalue weighted by molar-refractivity contribution is 5.93. The summed E-state index contributed by atoms with van der Waals surface area (Å²) in [7, 11) is 2.19. The van der Waals surface area contributed by atoms with Crippen LogP contribution in [0.25, 0.3) is 10.9 Å². The second-order valence-electron chi connectivity index (χ2n) is 5.47. The second kappa shape index (κ2) is 5.67. The molecule has 1 atom stereocenters. The minimum atomic E-state index is 0.660. The van der Waals surface area contributed by atoms with Gasteiger partial charge in [-0.1, -0.05) is 6.07 Å². The number of fused-ring (bicyclic) bond motifs is 1. The van der Waals surface area contributed by atoms with Crippen LogP contribution in [0.15, 0.2) is 30.5 Å². The van der Waals surface area contributed by atoms with E-state index in [0.717, 1.165) is 29.7 Å². The summed E-state index contributed by atoms with van der Waals surface area (Å²) in [4.78, 5) is 6.75. The maximum atomic E-state index is 5.96. The first kappa shape index (κ1) is 13.2. The number of nitrogens with zero attached hydrogens (tertiary/aromatic N) is 2. The maximum absolute atomic E-state index is 5.96. The molecule has 106 valence electrons. The van der Waals surface area contributed by atoms with E-state index in [-0.39, 0.29) is 0 Å². The highest BCUT2D eigenvalue weighted by Gasteiger charge is 2.20. The molecule has 1 fully saturated rings. The van der Waals surface area contributed by atoms with Crippen LogP contribution >= 0.6 is 0 Å². The zero-order valence-corrected chi connectivity index (χ0v) is 11.9. The van der Waals surface area contributed by atoms with Gasteiger partial charge in [0, 0.05) is 17.6 Å². The molecule has 1 aliphatic heterocycles. The maximum Gasteiger partial charge on any atom is 0.130 e. The fraction of sp³-hybridized carbons (Fsp3) is 0.438. The number of benzene rings is 1. The van der Waals surface area contributed by atoms with Gasteiger partial charge in [0.2, 0.25) is 0 Å². The number of anilines is 1. The van der Waals surface area contributed by atoms with Gasteiger partial charge >= 0.3 is 0 Å². The third kappa shape index (κ3) is 2.56. The Balaban J connectivity index is 1.70. The Hall–Kier alpha value is -1.81. The number of aromatic nitrogens is 1. The Morgan fingerprint density at radius 2 is 2.30 bits per heavy atom. The van der Waals surface area contributed by atoms with E-state index in [9.17, 15) is 0 Å². The average molecular weight is 271 g/mol. The smallest absolute Gasteiger partial charge is 0.130 e. The van der Waals surface area contributed by atoms with Crippen LogP contribution in [-0.2, 0) is 0 Å². The Morgan fingerprint density at radius 1 is 1.40 bits per heavy atom. The Kier molecular flexibility index (Phi) is 3.74. The van der Waals surface area contributed by atoms with Gasteiger partial charge in [0.25, 0.3) is 0 Å². The van der Waals surface area contributed by atoms with Gasteiger partial charge in [0.15, 0.2) is 0 Å². The quantitative estimate of drug-likeness (QED) is 0.869. The zero-order chi connectivity index (χ0) is 13.9. The minimum absolute atomic E-state index is 0.660. The molecule has 4 nitrogen and oxygen atoms in total. The number of nitrogens with two attached hydrogens (primary N) is 1. The largest absolute Gasteiger partial charge is 0.493 e. The lowest BCUT2D eigenvalue weighted by molar-refractivity contribution is 0.234. The molecule has 1 aliphatic rings. The first-order valence-corrected chi connectivity index (χ1v) is 7.22. The van der Waals surface area contributed by atoms with E-state index < -0.39 is 0 Å². The number of para-hydroxylation sites is 1. The first-order chi connectivity index (χ1) is 9.75. The van der Waals surface area contributed by atoms with Gasteiger partial charge < -0.3 is 15.4 Å². The molecule has 3 rings (SSSR count). The van der Waals surface area contributed by atoms with Gasteiger partial charge in [-0.2, -0.15) is 0 Å². The van der Waals surface area contributed by atoms with Crippen molar-refractivity contribution in [1.82, 2.24) is 9.88 Å². The first-order valence-electron chi connectivity index (χ1n) is 7.22. The normalized spacial score (nSPS) is 19.6. The van der Waals surface area contributed by atoms with Crippen LogP contribution in [0.1, 0.15) is 19.3 Å². The molecule has 0 spiro atoms.